The molecule has 0 aliphatic carbocycles. The van der Waals surface area contributed by atoms with Gasteiger partial charge in [-0.2, -0.15) is 0 Å². The van der Waals surface area contributed by atoms with Gasteiger partial charge >= 0.3 is 0 Å². The first-order valence-corrected chi connectivity index (χ1v) is 5.85. The van der Waals surface area contributed by atoms with Crippen LogP contribution in [-0.4, -0.2) is 30.6 Å². The quantitative estimate of drug-likeness (QED) is 0.832. The van der Waals surface area contributed by atoms with Gasteiger partial charge in [0.1, 0.15) is 5.76 Å². The van der Waals surface area contributed by atoms with Crippen molar-refractivity contribution in [1.29, 1.82) is 0 Å². The fourth-order valence-electron chi connectivity index (χ4n) is 1.51. The highest BCUT2D eigenvalue weighted by molar-refractivity contribution is 5.14. The maximum atomic E-state index is 5.42. The van der Waals surface area contributed by atoms with E-state index in [1.54, 1.807) is 6.26 Å². The fourth-order valence-corrected chi connectivity index (χ4v) is 1.51. The molecule has 1 heterocycles. The lowest BCUT2D eigenvalue weighted by Gasteiger charge is -2.23. The molecule has 0 aliphatic heterocycles. The van der Waals surface area contributed by atoms with Crippen molar-refractivity contribution in [2.45, 2.75) is 39.8 Å². The third-order valence-corrected chi connectivity index (χ3v) is 2.53. The van der Waals surface area contributed by atoms with Crippen molar-refractivity contribution in [2.75, 3.05) is 20.1 Å². The van der Waals surface area contributed by atoms with Gasteiger partial charge in [0.25, 0.3) is 0 Å². The zero-order valence-electron chi connectivity index (χ0n) is 11.1. The molecule has 0 unspecified atom stereocenters. The molecule has 0 amide bonds. The number of hydrogen-bond donors (Lipinski definition) is 1. The van der Waals surface area contributed by atoms with Crippen LogP contribution in [0.1, 0.15) is 32.1 Å². The van der Waals surface area contributed by atoms with E-state index in [0.29, 0.717) is 0 Å². The van der Waals surface area contributed by atoms with Crippen molar-refractivity contribution in [3.05, 3.63) is 23.7 Å². The van der Waals surface area contributed by atoms with Crippen LogP contribution < -0.4 is 5.32 Å². The summed E-state index contributed by atoms with van der Waals surface area (Å²) >= 11 is 0. The second-order valence-electron chi connectivity index (χ2n) is 5.44. The molecule has 1 aromatic rings. The van der Waals surface area contributed by atoms with Gasteiger partial charge in [-0.15, -0.1) is 0 Å². The number of aryl methyl sites for hydroxylation is 1. The van der Waals surface area contributed by atoms with E-state index < -0.39 is 0 Å². The van der Waals surface area contributed by atoms with Gasteiger partial charge < -0.3 is 9.73 Å². The second kappa shape index (κ2) is 5.51. The Labute approximate surface area is 98.8 Å². The number of hydrogen-bond acceptors (Lipinski definition) is 3. The molecule has 0 radical (unpaired) electrons. The molecule has 0 saturated heterocycles. The van der Waals surface area contributed by atoms with E-state index >= 15 is 0 Å². The van der Waals surface area contributed by atoms with Crippen molar-refractivity contribution in [1.82, 2.24) is 10.2 Å². The van der Waals surface area contributed by atoms with Crippen LogP contribution in [-0.2, 0) is 6.54 Å². The number of rotatable bonds is 5. The predicted molar refractivity (Wildman–Crippen MR) is 67.5 cm³/mol. The van der Waals surface area contributed by atoms with Crippen LogP contribution in [0, 0.1) is 6.92 Å². The topological polar surface area (TPSA) is 28.4 Å². The van der Waals surface area contributed by atoms with Crippen molar-refractivity contribution in [2.24, 2.45) is 0 Å². The van der Waals surface area contributed by atoms with E-state index in [9.17, 15) is 0 Å². The molecule has 0 bridgehead atoms. The molecule has 0 atom stereocenters. The van der Waals surface area contributed by atoms with Crippen LogP contribution in [0.3, 0.4) is 0 Å². The average molecular weight is 224 g/mol. The highest BCUT2D eigenvalue weighted by Gasteiger charge is 2.10. The largest absolute Gasteiger partial charge is 0.468 e. The molecule has 1 rings (SSSR count). The monoisotopic (exact) mass is 224 g/mol. The normalized spacial score (nSPS) is 12.4. The zero-order chi connectivity index (χ0) is 12.2. The molecule has 3 nitrogen and oxygen atoms in total. The van der Waals surface area contributed by atoms with Gasteiger partial charge in [0.05, 0.1) is 12.8 Å². The van der Waals surface area contributed by atoms with Crippen LogP contribution in [0.2, 0.25) is 0 Å². The number of nitrogens with zero attached hydrogens (tertiary/aromatic N) is 1. The lowest BCUT2D eigenvalue weighted by Crippen LogP contribution is -2.40. The standard InChI is InChI=1S/C13H24N2O/c1-11-6-9-16-12(11)10-15(5)8-7-14-13(2,3)4/h6,9,14H,7-8,10H2,1-5H3. The third-order valence-electron chi connectivity index (χ3n) is 2.53. The average Bonchev–Trinajstić information content (AvgIpc) is 2.49. The van der Waals surface area contributed by atoms with E-state index in [0.717, 1.165) is 25.4 Å². The molecular weight excluding hydrogens is 200 g/mol. The van der Waals surface area contributed by atoms with Gasteiger partial charge in [0.15, 0.2) is 0 Å². The van der Waals surface area contributed by atoms with Crippen molar-refractivity contribution >= 4 is 0 Å². The number of likely N-dealkylation sites (N-methyl/N-ethyl adjacent to an activating group) is 1. The van der Waals surface area contributed by atoms with E-state index in [1.807, 2.05) is 6.07 Å². The highest BCUT2D eigenvalue weighted by Crippen LogP contribution is 2.10. The maximum Gasteiger partial charge on any atom is 0.120 e. The second-order valence-corrected chi connectivity index (χ2v) is 5.44. The molecule has 16 heavy (non-hydrogen) atoms. The molecule has 3 heteroatoms. The number of nitrogens with one attached hydrogen (secondary N) is 1. The first kappa shape index (κ1) is 13.3. The maximum absolute atomic E-state index is 5.42. The lowest BCUT2D eigenvalue weighted by molar-refractivity contribution is 0.279. The van der Waals surface area contributed by atoms with Crippen molar-refractivity contribution < 1.29 is 4.42 Å². The van der Waals surface area contributed by atoms with E-state index in [-0.39, 0.29) is 5.54 Å². The minimum atomic E-state index is 0.196. The summed E-state index contributed by atoms with van der Waals surface area (Å²) in [6, 6.07) is 2.01. The van der Waals surface area contributed by atoms with Gasteiger partial charge in [0.2, 0.25) is 0 Å². The fraction of sp³-hybridized carbons (Fsp3) is 0.692. The Kier molecular flexibility index (Phi) is 4.56. The highest BCUT2D eigenvalue weighted by atomic mass is 16.3. The minimum absolute atomic E-state index is 0.196. The van der Waals surface area contributed by atoms with Crippen LogP contribution in [0.25, 0.3) is 0 Å². The van der Waals surface area contributed by atoms with Gasteiger partial charge in [-0.1, -0.05) is 0 Å². The number of furan rings is 1. The summed E-state index contributed by atoms with van der Waals surface area (Å²) in [7, 11) is 2.12. The van der Waals surface area contributed by atoms with Crippen LogP contribution in [0.15, 0.2) is 16.7 Å². The Balaban J connectivity index is 2.26. The summed E-state index contributed by atoms with van der Waals surface area (Å²) < 4.78 is 5.42. The summed E-state index contributed by atoms with van der Waals surface area (Å²) in [6.45, 7) is 11.5. The van der Waals surface area contributed by atoms with Gasteiger partial charge in [-0.3, -0.25) is 4.90 Å². The van der Waals surface area contributed by atoms with E-state index in [1.165, 1.54) is 5.56 Å². The summed E-state index contributed by atoms with van der Waals surface area (Å²) in [5.41, 5.74) is 1.43. The van der Waals surface area contributed by atoms with Crippen LogP contribution in [0.5, 0.6) is 0 Å². The van der Waals surface area contributed by atoms with E-state index in [4.69, 9.17) is 4.42 Å². The Morgan fingerprint density at radius 2 is 2.06 bits per heavy atom. The Morgan fingerprint density at radius 3 is 2.56 bits per heavy atom. The van der Waals surface area contributed by atoms with Crippen LogP contribution in [0.4, 0.5) is 0 Å². The first-order valence-electron chi connectivity index (χ1n) is 5.85. The molecule has 0 fully saturated rings. The molecular formula is C13H24N2O. The Hall–Kier alpha value is -0.800. The van der Waals surface area contributed by atoms with Crippen molar-refractivity contribution in [3.63, 3.8) is 0 Å². The molecule has 0 spiro atoms. The van der Waals surface area contributed by atoms with Gasteiger partial charge in [-0.05, 0) is 46.4 Å². The molecule has 1 N–H and O–H groups in total. The van der Waals surface area contributed by atoms with Gasteiger partial charge in [0, 0.05) is 18.6 Å². The molecule has 0 aliphatic rings. The zero-order valence-corrected chi connectivity index (χ0v) is 11.1. The van der Waals surface area contributed by atoms with E-state index in [2.05, 4.69) is 45.0 Å². The van der Waals surface area contributed by atoms with Gasteiger partial charge in [-0.25, -0.2) is 0 Å². The summed E-state index contributed by atoms with van der Waals surface area (Å²) in [6.07, 6.45) is 1.76. The first-order chi connectivity index (χ1) is 7.38. The SMILES string of the molecule is Cc1ccoc1CN(C)CCNC(C)(C)C. The smallest absolute Gasteiger partial charge is 0.120 e. The summed E-state index contributed by atoms with van der Waals surface area (Å²) in [5, 5.41) is 3.47. The molecule has 0 aromatic carbocycles. The summed E-state index contributed by atoms with van der Waals surface area (Å²) in [4.78, 5) is 2.27. The molecule has 92 valence electrons. The Bertz CT molecular complexity index is 312. The Morgan fingerprint density at radius 1 is 1.38 bits per heavy atom. The van der Waals surface area contributed by atoms with Crippen LogP contribution >= 0.6 is 0 Å². The summed E-state index contributed by atoms with van der Waals surface area (Å²) in [5.74, 6) is 1.07. The lowest BCUT2D eigenvalue weighted by atomic mass is 10.1. The molecule has 1 aromatic heterocycles. The third kappa shape index (κ3) is 4.81. The predicted octanol–water partition coefficient (Wildman–Crippen LogP) is 2.41. The molecule has 0 saturated carbocycles. The van der Waals surface area contributed by atoms with Crippen molar-refractivity contribution in [3.8, 4) is 0 Å². The minimum Gasteiger partial charge on any atom is -0.468 e.